The molecule has 0 radical (unpaired) electrons. The van der Waals surface area contributed by atoms with E-state index >= 15 is 0 Å². The summed E-state index contributed by atoms with van der Waals surface area (Å²) < 4.78 is 0. The molecule has 0 aliphatic heterocycles. The number of hydrogen-bond donors (Lipinski definition) is 1. The van der Waals surface area contributed by atoms with Crippen molar-refractivity contribution in [3.8, 4) is 0 Å². The van der Waals surface area contributed by atoms with Crippen LogP contribution in [0.3, 0.4) is 0 Å². The van der Waals surface area contributed by atoms with Gasteiger partial charge in [0.05, 0.1) is 5.02 Å². The predicted molar refractivity (Wildman–Crippen MR) is 70.1 cm³/mol. The molecule has 1 aromatic rings. The third kappa shape index (κ3) is 3.78. The van der Waals surface area contributed by atoms with Crippen LogP contribution in [0.5, 0.6) is 0 Å². The van der Waals surface area contributed by atoms with Crippen molar-refractivity contribution in [2.24, 2.45) is 5.92 Å². The molecule has 3 heteroatoms. The minimum absolute atomic E-state index is 0.543. The zero-order valence-corrected chi connectivity index (χ0v) is 11.3. The first-order chi connectivity index (χ1) is 7.16. The Hall–Kier alpha value is -0.0500. The van der Waals surface area contributed by atoms with Crippen LogP contribution in [-0.4, -0.2) is 13.1 Å². The van der Waals surface area contributed by atoms with Gasteiger partial charge in [-0.25, -0.2) is 0 Å². The second-order valence-electron chi connectivity index (χ2n) is 4.10. The van der Waals surface area contributed by atoms with Gasteiger partial charge in [0.25, 0.3) is 0 Å². The van der Waals surface area contributed by atoms with Crippen LogP contribution in [0.25, 0.3) is 0 Å². The molecular formula is C12H20ClNS. The molecule has 1 nitrogen and oxygen atoms in total. The zero-order chi connectivity index (χ0) is 11.3. The summed E-state index contributed by atoms with van der Waals surface area (Å²) in [6, 6.07) is 1.99. The van der Waals surface area contributed by atoms with Gasteiger partial charge in [-0.3, -0.25) is 0 Å². The number of hydrogen-bond acceptors (Lipinski definition) is 2. The zero-order valence-electron chi connectivity index (χ0n) is 9.72. The Bertz CT molecular complexity index is 285. The molecule has 86 valence electrons. The van der Waals surface area contributed by atoms with E-state index in [1.54, 1.807) is 11.3 Å². The normalized spacial score (nSPS) is 15.2. The van der Waals surface area contributed by atoms with Crippen molar-refractivity contribution in [2.45, 2.75) is 33.1 Å². The average Bonchev–Trinajstić information content (AvgIpc) is 2.63. The first-order valence-corrected chi connectivity index (χ1v) is 6.86. The minimum Gasteiger partial charge on any atom is -0.316 e. The largest absolute Gasteiger partial charge is 0.316 e. The van der Waals surface area contributed by atoms with Crippen molar-refractivity contribution in [1.82, 2.24) is 5.32 Å². The van der Waals surface area contributed by atoms with Gasteiger partial charge in [0.2, 0.25) is 0 Å². The van der Waals surface area contributed by atoms with Crippen LogP contribution in [0.4, 0.5) is 0 Å². The highest BCUT2D eigenvalue weighted by atomic mass is 35.5. The maximum atomic E-state index is 6.13. The van der Waals surface area contributed by atoms with Crippen LogP contribution < -0.4 is 5.32 Å². The Kier molecular flexibility index (Phi) is 5.65. The molecule has 1 N–H and O–H groups in total. The summed E-state index contributed by atoms with van der Waals surface area (Å²) in [5, 5.41) is 6.45. The van der Waals surface area contributed by atoms with E-state index in [4.69, 9.17) is 11.6 Å². The SMILES string of the molecule is CCCNCC(C)C(C)c1sccc1Cl. The fraction of sp³-hybridized carbons (Fsp3) is 0.667. The third-order valence-electron chi connectivity index (χ3n) is 2.80. The summed E-state index contributed by atoms with van der Waals surface area (Å²) in [5.41, 5.74) is 0. The summed E-state index contributed by atoms with van der Waals surface area (Å²) in [7, 11) is 0. The molecule has 0 bridgehead atoms. The lowest BCUT2D eigenvalue weighted by Crippen LogP contribution is -2.24. The molecule has 1 aromatic heterocycles. The third-order valence-corrected chi connectivity index (χ3v) is 4.36. The number of halogens is 1. The van der Waals surface area contributed by atoms with Gasteiger partial charge >= 0.3 is 0 Å². The fourth-order valence-electron chi connectivity index (χ4n) is 1.57. The monoisotopic (exact) mass is 245 g/mol. The van der Waals surface area contributed by atoms with Gasteiger partial charge in [-0.2, -0.15) is 0 Å². The van der Waals surface area contributed by atoms with Crippen molar-refractivity contribution < 1.29 is 0 Å². The molecule has 2 atom stereocenters. The first-order valence-electron chi connectivity index (χ1n) is 5.60. The molecule has 0 saturated heterocycles. The lowest BCUT2D eigenvalue weighted by atomic mass is 9.94. The molecule has 0 amide bonds. The van der Waals surface area contributed by atoms with E-state index in [9.17, 15) is 0 Å². The minimum atomic E-state index is 0.543. The van der Waals surface area contributed by atoms with Crippen LogP contribution in [0.1, 0.15) is 38.0 Å². The molecule has 0 aromatic carbocycles. The number of thiophene rings is 1. The number of nitrogens with one attached hydrogen (secondary N) is 1. The first kappa shape index (κ1) is 13.0. The summed E-state index contributed by atoms with van der Waals surface area (Å²) in [5.74, 6) is 1.18. The Balaban J connectivity index is 2.46. The van der Waals surface area contributed by atoms with Crippen molar-refractivity contribution in [3.05, 3.63) is 21.3 Å². The molecule has 0 spiro atoms. The molecule has 0 fully saturated rings. The lowest BCUT2D eigenvalue weighted by molar-refractivity contribution is 0.452. The van der Waals surface area contributed by atoms with Crippen LogP contribution in [-0.2, 0) is 0 Å². The second-order valence-corrected chi connectivity index (χ2v) is 5.46. The predicted octanol–water partition coefficient (Wildman–Crippen LogP) is 4.14. The lowest BCUT2D eigenvalue weighted by Gasteiger charge is -2.19. The molecule has 0 saturated carbocycles. The summed E-state index contributed by atoms with van der Waals surface area (Å²) >= 11 is 7.90. The van der Waals surface area contributed by atoms with Gasteiger partial charge in [0, 0.05) is 4.88 Å². The van der Waals surface area contributed by atoms with Gasteiger partial charge in [-0.1, -0.05) is 32.4 Å². The highest BCUT2D eigenvalue weighted by Crippen LogP contribution is 2.33. The van der Waals surface area contributed by atoms with Crippen LogP contribution in [0.15, 0.2) is 11.4 Å². The van der Waals surface area contributed by atoms with Gasteiger partial charge in [-0.05, 0) is 42.8 Å². The standard InChI is InChI=1S/C12H20ClNS/c1-4-6-14-8-9(2)10(3)12-11(13)5-7-15-12/h5,7,9-10,14H,4,6,8H2,1-3H3. The highest BCUT2D eigenvalue weighted by molar-refractivity contribution is 7.10. The Morgan fingerprint density at radius 2 is 2.20 bits per heavy atom. The highest BCUT2D eigenvalue weighted by Gasteiger charge is 2.17. The topological polar surface area (TPSA) is 12.0 Å². The van der Waals surface area contributed by atoms with Crippen LogP contribution in [0, 0.1) is 5.92 Å². The number of rotatable bonds is 6. The van der Waals surface area contributed by atoms with Crippen molar-refractivity contribution in [3.63, 3.8) is 0 Å². The van der Waals surface area contributed by atoms with Gasteiger partial charge in [0.1, 0.15) is 0 Å². The van der Waals surface area contributed by atoms with E-state index in [0.717, 1.165) is 18.1 Å². The summed E-state index contributed by atoms with van der Waals surface area (Å²) in [6.45, 7) is 8.91. The maximum Gasteiger partial charge on any atom is 0.0547 e. The van der Waals surface area contributed by atoms with E-state index in [1.165, 1.54) is 11.3 Å². The van der Waals surface area contributed by atoms with E-state index in [2.05, 4.69) is 31.5 Å². The summed E-state index contributed by atoms with van der Waals surface area (Å²) in [6.07, 6.45) is 1.20. The smallest absolute Gasteiger partial charge is 0.0547 e. The Morgan fingerprint density at radius 3 is 2.73 bits per heavy atom. The van der Waals surface area contributed by atoms with E-state index in [-0.39, 0.29) is 0 Å². The molecule has 1 rings (SSSR count). The Labute approximate surface area is 102 Å². The maximum absolute atomic E-state index is 6.13. The van der Waals surface area contributed by atoms with E-state index in [1.807, 2.05) is 6.07 Å². The van der Waals surface area contributed by atoms with E-state index < -0.39 is 0 Å². The van der Waals surface area contributed by atoms with Crippen molar-refractivity contribution in [2.75, 3.05) is 13.1 Å². The Morgan fingerprint density at radius 1 is 1.47 bits per heavy atom. The second kappa shape index (κ2) is 6.51. The molecule has 1 heterocycles. The quantitative estimate of drug-likeness (QED) is 0.743. The van der Waals surface area contributed by atoms with Crippen LogP contribution in [0.2, 0.25) is 5.02 Å². The summed E-state index contributed by atoms with van der Waals surface area (Å²) in [4.78, 5) is 1.32. The molecule has 2 unspecified atom stereocenters. The molecular weight excluding hydrogens is 226 g/mol. The molecule has 15 heavy (non-hydrogen) atoms. The molecule has 0 aliphatic rings. The fourth-order valence-corrected chi connectivity index (χ4v) is 2.99. The van der Waals surface area contributed by atoms with Gasteiger partial charge < -0.3 is 5.32 Å². The molecule has 0 aliphatic carbocycles. The van der Waals surface area contributed by atoms with Crippen molar-refractivity contribution in [1.29, 1.82) is 0 Å². The van der Waals surface area contributed by atoms with Gasteiger partial charge in [-0.15, -0.1) is 11.3 Å². The average molecular weight is 246 g/mol. The van der Waals surface area contributed by atoms with Crippen LogP contribution >= 0.6 is 22.9 Å². The van der Waals surface area contributed by atoms with Crippen molar-refractivity contribution >= 4 is 22.9 Å². The van der Waals surface area contributed by atoms with E-state index in [0.29, 0.717) is 11.8 Å². The van der Waals surface area contributed by atoms with Gasteiger partial charge in [0.15, 0.2) is 0 Å².